The molecular formula is C17H20N2O2. The van der Waals surface area contributed by atoms with E-state index in [-0.39, 0.29) is 0 Å². The van der Waals surface area contributed by atoms with E-state index in [1.54, 1.807) is 0 Å². The van der Waals surface area contributed by atoms with Gasteiger partial charge in [-0.05, 0) is 43.4 Å². The molecule has 0 spiro atoms. The number of nitrogens with zero attached hydrogens (tertiary/aromatic N) is 1. The number of anilines is 1. The van der Waals surface area contributed by atoms with Crippen LogP contribution in [0.1, 0.15) is 16.7 Å². The standard InChI is InChI=1S/C17H20N2O2/c1-19(2)11-17(20)14-5-3-4-6-16(14)21-10-12-7-8-13(18)9-15(12)17/h3-9,20H,10-11,18H2,1-2H3. The average Bonchev–Trinajstić information content (AvgIpc) is 2.55. The zero-order valence-corrected chi connectivity index (χ0v) is 12.3. The third-order valence-corrected chi connectivity index (χ3v) is 3.84. The van der Waals surface area contributed by atoms with Gasteiger partial charge in [-0.1, -0.05) is 24.3 Å². The zero-order valence-electron chi connectivity index (χ0n) is 12.3. The van der Waals surface area contributed by atoms with Gasteiger partial charge in [0.05, 0.1) is 0 Å². The molecule has 1 aliphatic rings. The average molecular weight is 284 g/mol. The minimum atomic E-state index is -1.14. The Balaban J connectivity index is 2.26. The van der Waals surface area contributed by atoms with E-state index in [4.69, 9.17) is 10.5 Å². The summed E-state index contributed by atoms with van der Waals surface area (Å²) in [5, 5.41) is 11.5. The lowest BCUT2D eigenvalue weighted by Gasteiger charge is -2.32. The van der Waals surface area contributed by atoms with Crippen LogP contribution in [-0.2, 0) is 12.2 Å². The Bertz CT molecular complexity index is 670. The Hall–Kier alpha value is -2.04. The summed E-state index contributed by atoms with van der Waals surface area (Å²) in [6, 6.07) is 13.3. The number of rotatable bonds is 2. The van der Waals surface area contributed by atoms with Crippen LogP contribution in [0.3, 0.4) is 0 Å². The van der Waals surface area contributed by atoms with Crippen molar-refractivity contribution in [3.63, 3.8) is 0 Å². The first-order chi connectivity index (χ1) is 10.0. The molecule has 1 unspecified atom stereocenters. The van der Waals surface area contributed by atoms with Crippen LogP contribution >= 0.6 is 0 Å². The maximum absolute atomic E-state index is 11.5. The van der Waals surface area contributed by atoms with Crippen molar-refractivity contribution in [1.82, 2.24) is 4.90 Å². The molecule has 110 valence electrons. The van der Waals surface area contributed by atoms with Crippen LogP contribution < -0.4 is 10.5 Å². The molecule has 4 heteroatoms. The number of ether oxygens (including phenoxy) is 1. The second-order valence-electron chi connectivity index (χ2n) is 5.80. The molecule has 1 aliphatic heterocycles. The lowest BCUT2D eigenvalue weighted by molar-refractivity contribution is 0.0508. The first-order valence-electron chi connectivity index (χ1n) is 6.99. The topological polar surface area (TPSA) is 58.7 Å². The number of nitrogens with two attached hydrogens (primary N) is 1. The molecule has 3 rings (SSSR count). The van der Waals surface area contributed by atoms with E-state index in [1.165, 1.54) is 0 Å². The van der Waals surface area contributed by atoms with Crippen molar-refractivity contribution in [1.29, 1.82) is 0 Å². The molecule has 0 aliphatic carbocycles. The highest BCUT2D eigenvalue weighted by atomic mass is 16.5. The monoisotopic (exact) mass is 284 g/mol. The zero-order chi connectivity index (χ0) is 15.0. The maximum atomic E-state index is 11.5. The number of nitrogen functional groups attached to an aromatic ring is 1. The summed E-state index contributed by atoms with van der Waals surface area (Å²) >= 11 is 0. The molecule has 0 saturated carbocycles. The van der Waals surface area contributed by atoms with Gasteiger partial charge in [0.1, 0.15) is 18.0 Å². The Morgan fingerprint density at radius 2 is 1.95 bits per heavy atom. The molecule has 0 amide bonds. The van der Waals surface area contributed by atoms with Gasteiger partial charge < -0.3 is 20.5 Å². The molecule has 2 aromatic carbocycles. The number of hydrogen-bond acceptors (Lipinski definition) is 4. The SMILES string of the molecule is CN(C)CC1(O)c2cc(N)ccc2COc2ccccc21. The van der Waals surface area contributed by atoms with Gasteiger partial charge in [0.2, 0.25) is 0 Å². The largest absolute Gasteiger partial charge is 0.488 e. The van der Waals surface area contributed by atoms with Gasteiger partial charge in [0.15, 0.2) is 0 Å². The Kier molecular flexibility index (Phi) is 3.35. The van der Waals surface area contributed by atoms with Crippen molar-refractivity contribution in [3.8, 4) is 5.75 Å². The Morgan fingerprint density at radius 1 is 1.19 bits per heavy atom. The Morgan fingerprint density at radius 3 is 2.71 bits per heavy atom. The molecule has 3 N–H and O–H groups in total. The van der Waals surface area contributed by atoms with Crippen LogP contribution in [0.4, 0.5) is 5.69 Å². The smallest absolute Gasteiger partial charge is 0.131 e. The van der Waals surface area contributed by atoms with Crippen LogP contribution in [0.2, 0.25) is 0 Å². The predicted octanol–water partition coefficient (Wildman–Crippen LogP) is 1.96. The van der Waals surface area contributed by atoms with Gasteiger partial charge in [-0.25, -0.2) is 0 Å². The minimum absolute atomic E-state index is 0.433. The lowest BCUT2D eigenvalue weighted by Crippen LogP contribution is -2.39. The molecule has 4 nitrogen and oxygen atoms in total. The van der Waals surface area contributed by atoms with Crippen molar-refractivity contribution < 1.29 is 9.84 Å². The van der Waals surface area contributed by atoms with Gasteiger partial charge in [-0.2, -0.15) is 0 Å². The van der Waals surface area contributed by atoms with Gasteiger partial charge >= 0.3 is 0 Å². The number of hydrogen-bond donors (Lipinski definition) is 2. The number of para-hydroxylation sites is 1. The highest BCUT2D eigenvalue weighted by Crippen LogP contribution is 2.41. The number of likely N-dealkylation sites (N-methyl/N-ethyl adjacent to an activating group) is 1. The molecule has 2 aromatic rings. The maximum Gasteiger partial charge on any atom is 0.131 e. The number of benzene rings is 2. The van der Waals surface area contributed by atoms with E-state index >= 15 is 0 Å². The summed E-state index contributed by atoms with van der Waals surface area (Å²) in [6.45, 7) is 0.895. The van der Waals surface area contributed by atoms with Crippen LogP contribution in [0.5, 0.6) is 5.75 Å². The Labute approximate surface area is 124 Å². The summed E-state index contributed by atoms with van der Waals surface area (Å²) in [6.07, 6.45) is 0. The van der Waals surface area contributed by atoms with E-state index in [0.717, 1.165) is 22.4 Å². The molecule has 0 aromatic heterocycles. The fraction of sp³-hybridized carbons (Fsp3) is 0.294. The third-order valence-electron chi connectivity index (χ3n) is 3.84. The first-order valence-corrected chi connectivity index (χ1v) is 6.99. The van der Waals surface area contributed by atoms with E-state index < -0.39 is 5.60 Å². The first kappa shape index (κ1) is 13.9. The van der Waals surface area contributed by atoms with Gasteiger partial charge in [-0.3, -0.25) is 0 Å². The third kappa shape index (κ3) is 2.37. The van der Waals surface area contributed by atoms with Crippen LogP contribution in [0.15, 0.2) is 42.5 Å². The summed E-state index contributed by atoms with van der Waals surface area (Å²) in [4.78, 5) is 1.97. The fourth-order valence-corrected chi connectivity index (χ4v) is 2.97. The van der Waals surface area contributed by atoms with Crippen LogP contribution in [0.25, 0.3) is 0 Å². The minimum Gasteiger partial charge on any atom is -0.488 e. The molecule has 0 bridgehead atoms. The molecule has 1 heterocycles. The lowest BCUT2D eigenvalue weighted by atomic mass is 9.83. The number of fused-ring (bicyclic) bond motifs is 2. The summed E-state index contributed by atoms with van der Waals surface area (Å²) in [5.41, 5.74) is 8.01. The van der Waals surface area contributed by atoms with Crippen molar-refractivity contribution >= 4 is 5.69 Å². The number of aliphatic hydroxyl groups is 1. The van der Waals surface area contributed by atoms with Crippen LogP contribution in [-0.4, -0.2) is 30.6 Å². The highest BCUT2D eigenvalue weighted by Gasteiger charge is 2.38. The van der Waals surface area contributed by atoms with Gasteiger partial charge in [0.25, 0.3) is 0 Å². The van der Waals surface area contributed by atoms with Crippen molar-refractivity contribution in [2.75, 3.05) is 26.4 Å². The summed E-state index contributed by atoms with van der Waals surface area (Å²) < 4.78 is 5.87. The van der Waals surface area contributed by atoms with E-state index in [9.17, 15) is 5.11 Å². The fourth-order valence-electron chi connectivity index (χ4n) is 2.97. The van der Waals surface area contributed by atoms with Crippen LogP contribution in [0, 0.1) is 0 Å². The van der Waals surface area contributed by atoms with Crippen molar-refractivity contribution in [2.45, 2.75) is 12.2 Å². The van der Waals surface area contributed by atoms with Crippen molar-refractivity contribution in [2.24, 2.45) is 0 Å². The molecule has 1 atom stereocenters. The van der Waals surface area contributed by atoms with Crippen molar-refractivity contribution in [3.05, 3.63) is 59.2 Å². The van der Waals surface area contributed by atoms with E-state index in [1.807, 2.05) is 61.5 Å². The van der Waals surface area contributed by atoms with Gasteiger partial charge in [0, 0.05) is 17.8 Å². The van der Waals surface area contributed by atoms with E-state index in [2.05, 4.69) is 0 Å². The molecule has 0 fully saturated rings. The molecule has 21 heavy (non-hydrogen) atoms. The quantitative estimate of drug-likeness (QED) is 0.828. The molecule has 0 radical (unpaired) electrons. The van der Waals surface area contributed by atoms with E-state index in [0.29, 0.717) is 18.8 Å². The normalized spacial score (nSPS) is 20.4. The summed E-state index contributed by atoms with van der Waals surface area (Å²) in [7, 11) is 3.89. The second kappa shape index (κ2) is 5.06. The molecule has 0 saturated heterocycles. The predicted molar refractivity (Wildman–Crippen MR) is 83.2 cm³/mol. The summed E-state index contributed by atoms with van der Waals surface area (Å²) in [5.74, 6) is 0.719. The highest BCUT2D eigenvalue weighted by molar-refractivity contribution is 5.54. The van der Waals surface area contributed by atoms with Gasteiger partial charge in [-0.15, -0.1) is 0 Å². The second-order valence-corrected chi connectivity index (χ2v) is 5.80. The molecular weight excluding hydrogens is 264 g/mol.